The van der Waals surface area contributed by atoms with Gasteiger partial charge in [-0.15, -0.1) is 0 Å². The Hall–Kier alpha value is -1.47. The third kappa shape index (κ3) is 5.00. The summed E-state index contributed by atoms with van der Waals surface area (Å²) < 4.78 is 35.3. The number of carbonyl (C=O) groups is 1. The van der Waals surface area contributed by atoms with E-state index in [0.717, 1.165) is 5.56 Å². The first-order valence-electron chi connectivity index (χ1n) is 7.85. The molecule has 1 fully saturated rings. The molecule has 5 nitrogen and oxygen atoms in total. The molecule has 0 saturated carbocycles. The summed E-state index contributed by atoms with van der Waals surface area (Å²) in [6, 6.07) is 6.03. The molecule has 7 heteroatoms. The van der Waals surface area contributed by atoms with Gasteiger partial charge in [0.05, 0.1) is 11.7 Å². The third-order valence-electron chi connectivity index (χ3n) is 4.37. The number of nitrogens with two attached hydrogens (primary N) is 1. The fourth-order valence-corrected chi connectivity index (χ4v) is 4.11. The topological polar surface area (TPSA) is 80.5 Å². The van der Waals surface area contributed by atoms with Crippen LogP contribution in [-0.2, 0) is 14.8 Å². The van der Waals surface area contributed by atoms with E-state index in [1.54, 1.807) is 17.0 Å². The van der Waals surface area contributed by atoms with Gasteiger partial charge in [-0.25, -0.2) is 17.9 Å². The van der Waals surface area contributed by atoms with Crippen molar-refractivity contribution < 1.29 is 17.6 Å². The molecular weight excluding hydrogens is 319 g/mol. The van der Waals surface area contributed by atoms with Crippen LogP contribution in [0.2, 0.25) is 0 Å². The van der Waals surface area contributed by atoms with Gasteiger partial charge in [-0.3, -0.25) is 4.79 Å². The lowest BCUT2D eigenvalue weighted by Gasteiger charge is -2.34. The maximum Gasteiger partial charge on any atom is 0.230 e. The molecule has 0 aliphatic carbocycles. The first-order chi connectivity index (χ1) is 10.8. The average molecular weight is 342 g/mol. The van der Waals surface area contributed by atoms with Crippen LogP contribution in [-0.4, -0.2) is 38.1 Å². The SMILES string of the molecule is CC[C@H](C(=O)N1CCC(CS(N)(=O)=O)CC1)c1ccc(F)cc1. The minimum atomic E-state index is -3.47. The minimum absolute atomic E-state index is 0.0138. The van der Waals surface area contributed by atoms with E-state index in [-0.39, 0.29) is 29.3 Å². The Kier molecular flexibility index (Phi) is 5.75. The number of likely N-dealkylation sites (tertiary alicyclic amines) is 1. The van der Waals surface area contributed by atoms with E-state index in [2.05, 4.69) is 0 Å². The van der Waals surface area contributed by atoms with Gasteiger partial charge in [0.25, 0.3) is 0 Å². The van der Waals surface area contributed by atoms with Gasteiger partial charge >= 0.3 is 0 Å². The summed E-state index contributed by atoms with van der Waals surface area (Å²) in [6.45, 7) is 3.01. The van der Waals surface area contributed by atoms with Gasteiger partial charge in [0.2, 0.25) is 15.9 Å². The zero-order valence-corrected chi connectivity index (χ0v) is 14.1. The number of carbonyl (C=O) groups excluding carboxylic acids is 1. The number of primary sulfonamides is 1. The van der Waals surface area contributed by atoms with Crippen LogP contribution in [0.1, 0.15) is 37.7 Å². The third-order valence-corrected chi connectivity index (χ3v) is 5.31. The van der Waals surface area contributed by atoms with Crippen molar-refractivity contribution in [3.05, 3.63) is 35.6 Å². The van der Waals surface area contributed by atoms with Gasteiger partial charge in [-0.2, -0.15) is 0 Å². The fraction of sp³-hybridized carbons (Fsp3) is 0.562. The highest BCUT2D eigenvalue weighted by atomic mass is 32.2. The summed E-state index contributed by atoms with van der Waals surface area (Å²) in [5.41, 5.74) is 0.811. The minimum Gasteiger partial charge on any atom is -0.342 e. The number of nitrogens with zero attached hydrogens (tertiary/aromatic N) is 1. The normalized spacial score (nSPS) is 18.0. The molecule has 0 bridgehead atoms. The summed E-state index contributed by atoms with van der Waals surface area (Å²) in [5.74, 6) is -0.595. The molecule has 1 aromatic carbocycles. The molecule has 23 heavy (non-hydrogen) atoms. The highest BCUT2D eigenvalue weighted by Crippen LogP contribution is 2.26. The van der Waals surface area contributed by atoms with Crippen LogP contribution in [0.4, 0.5) is 4.39 Å². The van der Waals surface area contributed by atoms with E-state index in [0.29, 0.717) is 32.4 Å². The van der Waals surface area contributed by atoms with Crippen LogP contribution in [0.15, 0.2) is 24.3 Å². The zero-order chi connectivity index (χ0) is 17.0. The van der Waals surface area contributed by atoms with Crippen LogP contribution < -0.4 is 5.14 Å². The van der Waals surface area contributed by atoms with Crippen LogP contribution in [0.25, 0.3) is 0 Å². The Labute approximate surface area is 136 Å². The van der Waals surface area contributed by atoms with Gasteiger partial charge in [0.1, 0.15) is 5.82 Å². The molecule has 128 valence electrons. The largest absolute Gasteiger partial charge is 0.342 e. The number of halogens is 1. The molecule has 1 saturated heterocycles. The second-order valence-electron chi connectivity index (χ2n) is 6.11. The zero-order valence-electron chi connectivity index (χ0n) is 13.2. The molecule has 0 spiro atoms. The van der Waals surface area contributed by atoms with Crippen LogP contribution >= 0.6 is 0 Å². The average Bonchev–Trinajstić information content (AvgIpc) is 2.49. The summed E-state index contributed by atoms with van der Waals surface area (Å²) >= 11 is 0. The molecule has 1 heterocycles. The quantitative estimate of drug-likeness (QED) is 0.887. The number of amides is 1. The van der Waals surface area contributed by atoms with E-state index in [1.807, 2.05) is 6.92 Å². The lowest BCUT2D eigenvalue weighted by molar-refractivity contribution is -0.134. The highest BCUT2D eigenvalue weighted by Gasteiger charge is 2.29. The summed E-state index contributed by atoms with van der Waals surface area (Å²) in [4.78, 5) is 14.5. The standard InChI is InChI=1S/C16H23FN2O3S/c1-2-15(13-3-5-14(17)6-4-13)16(20)19-9-7-12(8-10-19)11-23(18,21)22/h3-6,12,15H,2,7-11H2,1H3,(H2,18,21,22)/t15-/m0/s1. The van der Waals surface area contributed by atoms with Crippen molar-refractivity contribution in [2.75, 3.05) is 18.8 Å². The highest BCUT2D eigenvalue weighted by molar-refractivity contribution is 7.89. The predicted molar refractivity (Wildman–Crippen MR) is 86.7 cm³/mol. The van der Waals surface area contributed by atoms with Crippen molar-refractivity contribution in [1.82, 2.24) is 4.90 Å². The second kappa shape index (κ2) is 7.40. The van der Waals surface area contributed by atoms with Gasteiger partial charge in [-0.1, -0.05) is 19.1 Å². The summed E-state index contributed by atoms with van der Waals surface area (Å²) in [5, 5.41) is 5.08. The van der Waals surface area contributed by atoms with E-state index in [4.69, 9.17) is 5.14 Å². The Bertz CT molecular complexity index is 638. The smallest absolute Gasteiger partial charge is 0.230 e. The van der Waals surface area contributed by atoms with Gasteiger partial charge in [-0.05, 0) is 42.9 Å². The van der Waals surface area contributed by atoms with Gasteiger partial charge < -0.3 is 4.90 Å². The molecular formula is C16H23FN2O3S. The maximum atomic E-state index is 13.0. The number of benzene rings is 1. The van der Waals surface area contributed by atoms with Crippen molar-refractivity contribution in [3.63, 3.8) is 0 Å². The van der Waals surface area contributed by atoms with Crippen LogP contribution in [0, 0.1) is 11.7 Å². The van der Waals surface area contributed by atoms with Gasteiger partial charge in [0.15, 0.2) is 0 Å². The number of sulfonamides is 1. The Morgan fingerprint density at radius 1 is 1.30 bits per heavy atom. The lowest BCUT2D eigenvalue weighted by Crippen LogP contribution is -2.42. The number of piperidine rings is 1. The fourth-order valence-electron chi connectivity index (χ4n) is 3.12. The molecule has 0 radical (unpaired) electrons. The molecule has 2 N–H and O–H groups in total. The molecule has 1 atom stereocenters. The number of hydrogen-bond donors (Lipinski definition) is 1. The molecule has 0 aromatic heterocycles. The van der Waals surface area contributed by atoms with Crippen LogP contribution in [0.3, 0.4) is 0 Å². The van der Waals surface area contributed by atoms with Crippen LogP contribution in [0.5, 0.6) is 0 Å². The molecule has 2 rings (SSSR count). The van der Waals surface area contributed by atoms with Crippen molar-refractivity contribution in [1.29, 1.82) is 0 Å². The van der Waals surface area contributed by atoms with Crippen molar-refractivity contribution in [2.24, 2.45) is 11.1 Å². The summed E-state index contributed by atoms with van der Waals surface area (Å²) in [6.07, 6.45) is 1.92. The Morgan fingerprint density at radius 2 is 1.87 bits per heavy atom. The van der Waals surface area contributed by atoms with E-state index in [1.165, 1.54) is 12.1 Å². The second-order valence-corrected chi connectivity index (χ2v) is 7.77. The lowest BCUT2D eigenvalue weighted by atomic mass is 9.92. The van der Waals surface area contributed by atoms with Crippen molar-refractivity contribution >= 4 is 15.9 Å². The Balaban J connectivity index is 1.99. The molecule has 1 aliphatic rings. The monoisotopic (exact) mass is 342 g/mol. The van der Waals surface area contributed by atoms with Crippen molar-refractivity contribution in [3.8, 4) is 0 Å². The maximum absolute atomic E-state index is 13.0. The molecule has 1 aromatic rings. The number of rotatable bonds is 5. The van der Waals surface area contributed by atoms with Gasteiger partial charge in [0, 0.05) is 13.1 Å². The van der Waals surface area contributed by atoms with E-state index in [9.17, 15) is 17.6 Å². The van der Waals surface area contributed by atoms with E-state index >= 15 is 0 Å². The predicted octanol–water partition coefficient (Wildman–Crippen LogP) is 1.85. The number of hydrogen-bond acceptors (Lipinski definition) is 3. The van der Waals surface area contributed by atoms with Crippen molar-refractivity contribution in [2.45, 2.75) is 32.1 Å². The molecule has 0 unspecified atom stereocenters. The van der Waals surface area contributed by atoms with E-state index < -0.39 is 10.0 Å². The Morgan fingerprint density at radius 3 is 2.35 bits per heavy atom. The molecule has 1 aliphatic heterocycles. The first-order valence-corrected chi connectivity index (χ1v) is 9.56. The molecule has 1 amide bonds. The first kappa shape index (κ1) is 17.9. The summed E-state index contributed by atoms with van der Waals surface area (Å²) in [7, 11) is -3.47.